The van der Waals surface area contributed by atoms with Crippen LogP contribution in [0.3, 0.4) is 0 Å². The van der Waals surface area contributed by atoms with Crippen LogP contribution in [0.25, 0.3) is 0 Å². The number of piperazine rings is 1. The van der Waals surface area contributed by atoms with E-state index in [-0.39, 0.29) is 0 Å². The minimum atomic E-state index is 0.307. The lowest BCUT2D eigenvalue weighted by atomic mass is 9.84. The van der Waals surface area contributed by atoms with Gasteiger partial charge in [-0.2, -0.15) is 0 Å². The molecule has 0 aromatic heterocycles. The van der Waals surface area contributed by atoms with Crippen LogP contribution >= 0.6 is 0 Å². The van der Waals surface area contributed by atoms with Crippen molar-refractivity contribution in [1.29, 1.82) is 0 Å². The topological polar surface area (TPSA) is 26.7 Å². The zero-order valence-corrected chi connectivity index (χ0v) is 10.9. The number of aliphatic hydroxyl groups excluding tert-OH is 1. The standard InChI is InChI=1S/C13H26N2O/c1-13(2,3)4-5-15-11-8-12(15)10-14(9-11)6-7-16/h11-12,16H,4-10H2,1-3H3. The Morgan fingerprint density at radius 2 is 1.75 bits per heavy atom. The van der Waals surface area contributed by atoms with Crippen molar-refractivity contribution in [3.8, 4) is 0 Å². The summed E-state index contributed by atoms with van der Waals surface area (Å²) in [5, 5.41) is 8.94. The van der Waals surface area contributed by atoms with Gasteiger partial charge in [-0.05, 0) is 24.8 Å². The van der Waals surface area contributed by atoms with Crippen LogP contribution in [0.1, 0.15) is 33.6 Å². The third-order valence-corrected chi connectivity index (χ3v) is 3.96. The van der Waals surface area contributed by atoms with Crippen LogP contribution in [0.5, 0.6) is 0 Å². The van der Waals surface area contributed by atoms with Gasteiger partial charge in [0, 0.05) is 31.7 Å². The molecule has 0 amide bonds. The van der Waals surface area contributed by atoms with E-state index < -0.39 is 0 Å². The third-order valence-electron chi connectivity index (χ3n) is 3.96. The van der Waals surface area contributed by atoms with Crippen molar-refractivity contribution in [2.45, 2.75) is 45.7 Å². The van der Waals surface area contributed by atoms with Crippen LogP contribution in [-0.4, -0.2) is 59.8 Å². The van der Waals surface area contributed by atoms with Crippen LogP contribution in [0.15, 0.2) is 0 Å². The molecule has 0 saturated carbocycles. The van der Waals surface area contributed by atoms with Gasteiger partial charge in [0.2, 0.25) is 0 Å². The molecule has 0 aliphatic carbocycles. The van der Waals surface area contributed by atoms with Crippen LogP contribution in [0, 0.1) is 5.41 Å². The summed E-state index contributed by atoms with van der Waals surface area (Å²) in [4.78, 5) is 5.09. The number of rotatable bonds is 4. The average molecular weight is 226 g/mol. The number of fused-ring (bicyclic) bond motifs is 2. The summed E-state index contributed by atoms with van der Waals surface area (Å²) in [7, 11) is 0. The van der Waals surface area contributed by atoms with Crippen molar-refractivity contribution < 1.29 is 5.11 Å². The van der Waals surface area contributed by atoms with Crippen LogP contribution < -0.4 is 0 Å². The molecule has 3 aliphatic rings. The summed E-state index contributed by atoms with van der Waals surface area (Å²) >= 11 is 0. The molecule has 1 N–H and O–H groups in total. The molecule has 0 aromatic rings. The fourth-order valence-corrected chi connectivity index (χ4v) is 2.93. The summed E-state index contributed by atoms with van der Waals surface area (Å²) in [6, 6.07) is 1.54. The predicted molar refractivity (Wildman–Crippen MR) is 66.5 cm³/mol. The Labute approximate surface area is 99.4 Å². The largest absolute Gasteiger partial charge is 0.395 e. The van der Waals surface area contributed by atoms with Crippen molar-refractivity contribution in [2.24, 2.45) is 5.41 Å². The van der Waals surface area contributed by atoms with Gasteiger partial charge in [-0.1, -0.05) is 20.8 Å². The van der Waals surface area contributed by atoms with Gasteiger partial charge in [0.05, 0.1) is 6.61 Å². The molecular weight excluding hydrogens is 200 g/mol. The van der Waals surface area contributed by atoms with Gasteiger partial charge in [0.1, 0.15) is 0 Å². The first-order chi connectivity index (χ1) is 7.49. The molecule has 3 fully saturated rings. The summed E-state index contributed by atoms with van der Waals surface area (Å²) < 4.78 is 0. The van der Waals surface area contributed by atoms with Gasteiger partial charge in [-0.15, -0.1) is 0 Å². The Kier molecular flexibility index (Phi) is 3.57. The first-order valence-corrected chi connectivity index (χ1v) is 6.58. The molecule has 0 radical (unpaired) electrons. The second-order valence-electron chi connectivity index (χ2n) is 6.58. The lowest BCUT2D eigenvalue weighted by Gasteiger charge is -2.57. The minimum Gasteiger partial charge on any atom is -0.395 e. The predicted octanol–water partition coefficient (Wildman–Crippen LogP) is 1.17. The Hall–Kier alpha value is -0.120. The Morgan fingerprint density at radius 3 is 2.25 bits per heavy atom. The molecule has 2 atom stereocenters. The fraction of sp³-hybridized carbons (Fsp3) is 1.00. The highest BCUT2D eigenvalue weighted by Gasteiger charge is 2.43. The SMILES string of the molecule is CC(C)(C)CCN1C2CC1CN(CCO)C2. The van der Waals surface area contributed by atoms with Gasteiger partial charge >= 0.3 is 0 Å². The van der Waals surface area contributed by atoms with Gasteiger partial charge < -0.3 is 5.11 Å². The van der Waals surface area contributed by atoms with Crippen molar-refractivity contribution in [3.63, 3.8) is 0 Å². The van der Waals surface area contributed by atoms with Gasteiger partial charge in [-0.25, -0.2) is 0 Å². The smallest absolute Gasteiger partial charge is 0.0558 e. The molecular formula is C13H26N2O. The van der Waals surface area contributed by atoms with Gasteiger partial charge in [0.25, 0.3) is 0 Å². The molecule has 3 aliphatic heterocycles. The number of hydrogen-bond acceptors (Lipinski definition) is 3. The maximum atomic E-state index is 8.94. The van der Waals surface area contributed by atoms with Crippen molar-refractivity contribution in [2.75, 3.05) is 32.8 Å². The zero-order valence-electron chi connectivity index (χ0n) is 10.9. The fourth-order valence-electron chi connectivity index (χ4n) is 2.93. The highest BCUT2D eigenvalue weighted by molar-refractivity contribution is 5.00. The van der Waals surface area contributed by atoms with E-state index >= 15 is 0 Å². The summed E-state index contributed by atoms with van der Waals surface area (Å²) in [6.07, 6.45) is 2.67. The van der Waals surface area contributed by atoms with E-state index in [0.717, 1.165) is 18.6 Å². The first kappa shape index (κ1) is 12.3. The van der Waals surface area contributed by atoms with Crippen molar-refractivity contribution in [1.82, 2.24) is 9.80 Å². The molecule has 3 saturated heterocycles. The summed E-state index contributed by atoms with van der Waals surface area (Å²) in [6.45, 7) is 11.7. The summed E-state index contributed by atoms with van der Waals surface area (Å²) in [5.41, 5.74) is 0.453. The highest BCUT2D eigenvalue weighted by atomic mass is 16.3. The highest BCUT2D eigenvalue weighted by Crippen LogP contribution is 2.33. The lowest BCUT2D eigenvalue weighted by Crippen LogP contribution is -2.68. The Bertz CT molecular complexity index is 225. The molecule has 94 valence electrons. The Morgan fingerprint density at radius 1 is 1.12 bits per heavy atom. The minimum absolute atomic E-state index is 0.307. The van der Waals surface area contributed by atoms with E-state index in [4.69, 9.17) is 5.11 Å². The number of piperidine rings is 1. The van der Waals surface area contributed by atoms with Crippen molar-refractivity contribution in [3.05, 3.63) is 0 Å². The van der Waals surface area contributed by atoms with E-state index in [2.05, 4.69) is 30.6 Å². The van der Waals surface area contributed by atoms with E-state index in [1.54, 1.807) is 0 Å². The second kappa shape index (κ2) is 4.63. The van der Waals surface area contributed by atoms with Crippen LogP contribution in [0.2, 0.25) is 0 Å². The van der Waals surface area contributed by atoms with E-state index in [0.29, 0.717) is 12.0 Å². The van der Waals surface area contributed by atoms with Crippen LogP contribution in [0.4, 0.5) is 0 Å². The maximum absolute atomic E-state index is 8.94. The van der Waals surface area contributed by atoms with Gasteiger partial charge in [-0.3, -0.25) is 9.80 Å². The van der Waals surface area contributed by atoms with Gasteiger partial charge in [0.15, 0.2) is 0 Å². The number of hydrogen-bond donors (Lipinski definition) is 1. The number of nitrogens with zero attached hydrogens (tertiary/aromatic N) is 2. The molecule has 3 nitrogen and oxygen atoms in total. The van der Waals surface area contributed by atoms with Crippen molar-refractivity contribution >= 4 is 0 Å². The van der Waals surface area contributed by atoms with E-state index in [1.807, 2.05) is 0 Å². The lowest BCUT2D eigenvalue weighted by molar-refractivity contribution is -0.0755. The quantitative estimate of drug-likeness (QED) is 0.779. The zero-order chi connectivity index (χ0) is 11.8. The number of aliphatic hydroxyl groups is 1. The summed E-state index contributed by atoms with van der Waals surface area (Å²) in [5.74, 6) is 0. The molecule has 16 heavy (non-hydrogen) atoms. The van der Waals surface area contributed by atoms with E-state index in [1.165, 1.54) is 32.5 Å². The molecule has 0 aromatic carbocycles. The monoisotopic (exact) mass is 226 g/mol. The molecule has 2 unspecified atom stereocenters. The molecule has 2 bridgehead atoms. The Balaban J connectivity index is 1.76. The van der Waals surface area contributed by atoms with Crippen LogP contribution in [-0.2, 0) is 0 Å². The first-order valence-electron chi connectivity index (χ1n) is 6.58. The normalized spacial score (nSPS) is 31.5. The molecule has 3 rings (SSSR count). The second-order valence-corrected chi connectivity index (χ2v) is 6.58. The molecule has 3 heteroatoms. The maximum Gasteiger partial charge on any atom is 0.0558 e. The molecule has 0 spiro atoms. The third kappa shape index (κ3) is 2.76. The molecule has 3 heterocycles. The van der Waals surface area contributed by atoms with E-state index in [9.17, 15) is 0 Å². The average Bonchev–Trinajstić information content (AvgIpc) is 2.16.